The molecule has 82 valence electrons. The molecule has 0 amide bonds. The number of ether oxygens (including phenoxy) is 2. The van der Waals surface area contributed by atoms with E-state index in [1.54, 1.807) is 14.2 Å². The fourth-order valence-corrected chi connectivity index (χ4v) is 2.21. The predicted molar refractivity (Wildman–Crippen MR) is 59.3 cm³/mol. The second-order valence-corrected chi connectivity index (χ2v) is 4.10. The van der Waals surface area contributed by atoms with Crippen molar-refractivity contribution in [2.24, 2.45) is 11.7 Å². The van der Waals surface area contributed by atoms with E-state index in [9.17, 15) is 0 Å². The maximum absolute atomic E-state index is 6.13. The van der Waals surface area contributed by atoms with Crippen LogP contribution in [0.5, 0.6) is 11.5 Å². The molecule has 2 atom stereocenters. The summed E-state index contributed by atoms with van der Waals surface area (Å²) in [7, 11) is 3.34. The van der Waals surface area contributed by atoms with Crippen molar-refractivity contribution in [2.45, 2.75) is 19.4 Å². The highest BCUT2D eigenvalue weighted by atomic mass is 16.5. The molecule has 2 rings (SSSR count). The van der Waals surface area contributed by atoms with Gasteiger partial charge in [0.15, 0.2) is 0 Å². The number of methoxy groups -OCH3 is 2. The zero-order valence-electron chi connectivity index (χ0n) is 9.41. The van der Waals surface area contributed by atoms with Gasteiger partial charge in [0.1, 0.15) is 11.5 Å². The summed E-state index contributed by atoms with van der Waals surface area (Å²) in [6.07, 6.45) is 0.990. The molecule has 15 heavy (non-hydrogen) atoms. The van der Waals surface area contributed by atoms with Crippen molar-refractivity contribution >= 4 is 0 Å². The third kappa shape index (κ3) is 1.57. The van der Waals surface area contributed by atoms with Crippen molar-refractivity contribution in [2.75, 3.05) is 14.2 Å². The molecule has 0 saturated heterocycles. The van der Waals surface area contributed by atoms with Crippen molar-refractivity contribution in [3.8, 4) is 11.5 Å². The first kappa shape index (κ1) is 10.3. The predicted octanol–water partition coefficient (Wildman–Crippen LogP) is 1.90. The summed E-state index contributed by atoms with van der Waals surface area (Å²) < 4.78 is 10.6. The second kappa shape index (κ2) is 3.74. The molecule has 2 unspecified atom stereocenters. The average Bonchev–Trinajstić information content (AvgIpc) is 2.54. The van der Waals surface area contributed by atoms with Gasteiger partial charge < -0.3 is 15.2 Å². The van der Waals surface area contributed by atoms with Crippen molar-refractivity contribution in [1.29, 1.82) is 0 Å². The normalized spacial score (nSPS) is 23.7. The van der Waals surface area contributed by atoms with Crippen LogP contribution < -0.4 is 15.2 Å². The van der Waals surface area contributed by atoms with Gasteiger partial charge in [-0.25, -0.2) is 0 Å². The van der Waals surface area contributed by atoms with Gasteiger partial charge in [0.2, 0.25) is 0 Å². The van der Waals surface area contributed by atoms with Gasteiger partial charge in [0.05, 0.1) is 14.2 Å². The minimum Gasteiger partial charge on any atom is -0.497 e. The van der Waals surface area contributed by atoms with Gasteiger partial charge in [-0.15, -0.1) is 0 Å². The smallest absolute Gasteiger partial charge is 0.126 e. The molecular weight excluding hydrogens is 190 g/mol. The van der Waals surface area contributed by atoms with Crippen LogP contribution in [0, 0.1) is 5.92 Å². The minimum absolute atomic E-state index is 0.101. The van der Waals surface area contributed by atoms with Crippen LogP contribution in [-0.4, -0.2) is 14.2 Å². The molecule has 1 aliphatic rings. The van der Waals surface area contributed by atoms with Crippen molar-refractivity contribution in [3.63, 3.8) is 0 Å². The number of hydrogen-bond donors (Lipinski definition) is 1. The number of nitrogens with two attached hydrogens (primary N) is 1. The molecule has 1 aliphatic carbocycles. The first-order chi connectivity index (χ1) is 7.17. The molecule has 0 fully saturated rings. The monoisotopic (exact) mass is 207 g/mol. The van der Waals surface area contributed by atoms with Gasteiger partial charge >= 0.3 is 0 Å². The molecule has 3 heteroatoms. The van der Waals surface area contributed by atoms with E-state index in [4.69, 9.17) is 15.2 Å². The van der Waals surface area contributed by atoms with Gasteiger partial charge in [-0.2, -0.15) is 0 Å². The Balaban J connectivity index is 2.52. The second-order valence-electron chi connectivity index (χ2n) is 4.10. The maximum Gasteiger partial charge on any atom is 0.126 e. The van der Waals surface area contributed by atoms with E-state index in [1.165, 1.54) is 11.1 Å². The minimum atomic E-state index is 0.101. The number of benzene rings is 1. The lowest BCUT2D eigenvalue weighted by atomic mass is 10.0. The topological polar surface area (TPSA) is 44.5 Å². The SMILES string of the molecule is COc1cc(OC)c2c(c1)C(N)C(C)C2. The highest BCUT2D eigenvalue weighted by Gasteiger charge is 2.29. The highest BCUT2D eigenvalue weighted by Crippen LogP contribution is 2.41. The molecule has 0 aromatic heterocycles. The van der Waals surface area contributed by atoms with Crippen molar-refractivity contribution in [3.05, 3.63) is 23.3 Å². The lowest BCUT2D eigenvalue weighted by Gasteiger charge is -2.12. The Bertz CT molecular complexity index is 376. The van der Waals surface area contributed by atoms with Gasteiger partial charge in [-0.1, -0.05) is 6.92 Å². The lowest BCUT2D eigenvalue weighted by molar-refractivity contribution is 0.391. The van der Waals surface area contributed by atoms with Crippen LogP contribution in [-0.2, 0) is 6.42 Å². The third-order valence-electron chi connectivity index (χ3n) is 3.17. The summed E-state index contributed by atoms with van der Waals surface area (Å²) in [5.41, 5.74) is 8.53. The Morgan fingerprint density at radius 1 is 1.27 bits per heavy atom. The van der Waals surface area contributed by atoms with E-state index in [2.05, 4.69) is 6.92 Å². The van der Waals surface area contributed by atoms with E-state index in [1.807, 2.05) is 12.1 Å². The van der Waals surface area contributed by atoms with E-state index in [0.29, 0.717) is 5.92 Å². The molecule has 0 spiro atoms. The Kier molecular flexibility index (Phi) is 2.57. The van der Waals surface area contributed by atoms with E-state index in [0.717, 1.165) is 17.9 Å². The summed E-state index contributed by atoms with van der Waals surface area (Å²) in [6.45, 7) is 2.16. The standard InChI is InChI=1S/C12H17NO2/c1-7-4-9-10(12(7)13)5-8(14-2)6-11(9)15-3/h5-7,12H,4,13H2,1-3H3. The van der Waals surface area contributed by atoms with Crippen LogP contribution in [0.15, 0.2) is 12.1 Å². The molecule has 3 nitrogen and oxygen atoms in total. The summed E-state index contributed by atoms with van der Waals surface area (Å²) in [5.74, 6) is 2.18. The molecule has 1 aromatic rings. The zero-order chi connectivity index (χ0) is 11.0. The first-order valence-corrected chi connectivity index (χ1v) is 5.17. The first-order valence-electron chi connectivity index (χ1n) is 5.17. The van der Waals surface area contributed by atoms with Crippen LogP contribution >= 0.6 is 0 Å². The van der Waals surface area contributed by atoms with Crippen LogP contribution in [0.3, 0.4) is 0 Å². The summed E-state index contributed by atoms with van der Waals surface area (Å²) in [5, 5.41) is 0. The molecular formula is C12H17NO2. The van der Waals surface area contributed by atoms with Crippen LogP contribution in [0.2, 0.25) is 0 Å². The van der Waals surface area contributed by atoms with E-state index < -0.39 is 0 Å². The largest absolute Gasteiger partial charge is 0.497 e. The Morgan fingerprint density at radius 2 is 2.00 bits per heavy atom. The van der Waals surface area contributed by atoms with E-state index >= 15 is 0 Å². The van der Waals surface area contributed by atoms with Crippen molar-refractivity contribution < 1.29 is 9.47 Å². The van der Waals surface area contributed by atoms with Crippen LogP contribution in [0.1, 0.15) is 24.1 Å². The van der Waals surface area contributed by atoms with Gasteiger partial charge in [0, 0.05) is 12.1 Å². The molecule has 0 radical (unpaired) electrons. The molecule has 0 bridgehead atoms. The quantitative estimate of drug-likeness (QED) is 0.805. The van der Waals surface area contributed by atoms with Crippen molar-refractivity contribution in [1.82, 2.24) is 0 Å². The van der Waals surface area contributed by atoms with Crippen LogP contribution in [0.25, 0.3) is 0 Å². The van der Waals surface area contributed by atoms with Gasteiger partial charge in [-0.05, 0) is 29.5 Å². The molecule has 1 aromatic carbocycles. The lowest BCUT2D eigenvalue weighted by Crippen LogP contribution is -2.13. The van der Waals surface area contributed by atoms with E-state index in [-0.39, 0.29) is 6.04 Å². The Morgan fingerprint density at radius 3 is 2.60 bits per heavy atom. The molecule has 0 aliphatic heterocycles. The number of hydrogen-bond acceptors (Lipinski definition) is 3. The third-order valence-corrected chi connectivity index (χ3v) is 3.17. The average molecular weight is 207 g/mol. The molecule has 2 N–H and O–H groups in total. The van der Waals surface area contributed by atoms with Gasteiger partial charge in [-0.3, -0.25) is 0 Å². The number of fused-ring (bicyclic) bond motifs is 1. The Labute approximate surface area is 90.2 Å². The summed E-state index contributed by atoms with van der Waals surface area (Å²) in [4.78, 5) is 0. The Hall–Kier alpha value is -1.22. The fraction of sp³-hybridized carbons (Fsp3) is 0.500. The number of rotatable bonds is 2. The molecule has 0 heterocycles. The van der Waals surface area contributed by atoms with Gasteiger partial charge in [0.25, 0.3) is 0 Å². The van der Waals surface area contributed by atoms with Crippen LogP contribution in [0.4, 0.5) is 0 Å². The molecule has 0 saturated carbocycles. The summed E-state index contributed by atoms with van der Waals surface area (Å²) in [6, 6.07) is 4.04. The highest BCUT2D eigenvalue weighted by molar-refractivity contribution is 5.50. The fourth-order valence-electron chi connectivity index (χ4n) is 2.21. The maximum atomic E-state index is 6.13. The zero-order valence-corrected chi connectivity index (χ0v) is 9.41. The summed E-state index contributed by atoms with van der Waals surface area (Å²) >= 11 is 0.